The summed E-state index contributed by atoms with van der Waals surface area (Å²) < 4.78 is 5.90. The van der Waals surface area contributed by atoms with E-state index in [9.17, 15) is 19.7 Å². The number of nitro benzene ring substituents is 1. The molecule has 208 valence electrons. The van der Waals surface area contributed by atoms with Gasteiger partial charge in [0, 0.05) is 80.4 Å². The summed E-state index contributed by atoms with van der Waals surface area (Å²) in [5.41, 5.74) is 1.79. The van der Waals surface area contributed by atoms with Crippen LogP contribution in [0.15, 0.2) is 67.0 Å². The van der Waals surface area contributed by atoms with Crippen LogP contribution in [0.25, 0.3) is 0 Å². The van der Waals surface area contributed by atoms with Crippen LogP contribution in [0.3, 0.4) is 0 Å². The van der Waals surface area contributed by atoms with Crippen LogP contribution in [0.5, 0.6) is 0 Å². The Hall–Kier alpha value is -4.39. The number of amides is 2. The number of hydrogen-bond acceptors (Lipinski definition) is 9. The second-order valence-corrected chi connectivity index (χ2v) is 9.69. The van der Waals surface area contributed by atoms with E-state index in [1.165, 1.54) is 11.0 Å². The lowest BCUT2D eigenvalue weighted by Gasteiger charge is -2.34. The van der Waals surface area contributed by atoms with Crippen molar-refractivity contribution in [2.24, 2.45) is 0 Å². The Labute approximate surface area is 231 Å². The fourth-order valence-corrected chi connectivity index (χ4v) is 4.82. The SMILES string of the molecule is CN1CCN(c2ccc([N+](=O)[O-])c(C(=O)Nc3cccc(N(C(=O)c4ccncc4)C4CNCCO4)c3)c2)CC1. The number of pyridine rings is 1. The highest BCUT2D eigenvalue weighted by Gasteiger charge is 2.29. The molecular weight excluding hydrogens is 514 g/mol. The number of likely N-dealkylation sites (N-methyl/N-ethyl adjacent to an activating group) is 1. The number of piperazine rings is 1. The summed E-state index contributed by atoms with van der Waals surface area (Å²) in [6.07, 6.45) is 2.53. The molecule has 12 heteroatoms. The highest BCUT2D eigenvalue weighted by molar-refractivity contribution is 6.09. The van der Waals surface area contributed by atoms with Crippen LogP contribution in [-0.2, 0) is 4.74 Å². The number of carbonyl (C=O) groups excluding carboxylic acids is 2. The van der Waals surface area contributed by atoms with Crippen LogP contribution in [0.1, 0.15) is 20.7 Å². The van der Waals surface area contributed by atoms with Gasteiger partial charge in [-0.2, -0.15) is 0 Å². The van der Waals surface area contributed by atoms with Crippen molar-refractivity contribution < 1.29 is 19.2 Å². The molecule has 0 spiro atoms. The van der Waals surface area contributed by atoms with Crippen LogP contribution >= 0.6 is 0 Å². The third-order valence-corrected chi connectivity index (χ3v) is 7.01. The van der Waals surface area contributed by atoms with Gasteiger partial charge in [-0.15, -0.1) is 0 Å². The van der Waals surface area contributed by atoms with Crippen molar-refractivity contribution in [3.8, 4) is 0 Å². The average Bonchev–Trinajstić information content (AvgIpc) is 2.98. The van der Waals surface area contributed by atoms with E-state index >= 15 is 0 Å². The minimum atomic E-state index is -0.609. The van der Waals surface area contributed by atoms with Gasteiger partial charge in [-0.3, -0.25) is 29.6 Å². The maximum atomic E-state index is 13.5. The first-order valence-electron chi connectivity index (χ1n) is 13.1. The molecule has 0 saturated carbocycles. The molecule has 3 heterocycles. The molecule has 2 amide bonds. The van der Waals surface area contributed by atoms with E-state index < -0.39 is 17.1 Å². The Kier molecular flexibility index (Phi) is 8.29. The quantitative estimate of drug-likeness (QED) is 0.339. The molecule has 12 nitrogen and oxygen atoms in total. The summed E-state index contributed by atoms with van der Waals surface area (Å²) in [6, 6.07) is 14.7. The molecule has 2 aliphatic rings. The zero-order valence-corrected chi connectivity index (χ0v) is 22.2. The second kappa shape index (κ2) is 12.2. The normalized spacial score (nSPS) is 17.7. The van der Waals surface area contributed by atoms with E-state index in [2.05, 4.69) is 25.4 Å². The molecule has 1 atom stereocenters. The number of ether oxygens (including phenoxy) is 1. The summed E-state index contributed by atoms with van der Waals surface area (Å²) in [6.45, 7) is 4.79. The number of hydrogen-bond donors (Lipinski definition) is 2. The summed E-state index contributed by atoms with van der Waals surface area (Å²) in [4.78, 5) is 48.0. The number of anilines is 3. The lowest BCUT2D eigenvalue weighted by atomic mass is 10.1. The number of nitro groups is 1. The van der Waals surface area contributed by atoms with E-state index in [0.29, 0.717) is 36.6 Å². The largest absolute Gasteiger partial charge is 0.369 e. The Morgan fingerprint density at radius 3 is 2.58 bits per heavy atom. The molecule has 2 fully saturated rings. The van der Waals surface area contributed by atoms with Crippen LogP contribution in [0, 0.1) is 10.1 Å². The van der Waals surface area contributed by atoms with Gasteiger partial charge >= 0.3 is 0 Å². The summed E-state index contributed by atoms with van der Waals surface area (Å²) in [5, 5.41) is 17.8. The average molecular weight is 546 g/mol. The van der Waals surface area contributed by atoms with Gasteiger partial charge in [0.2, 0.25) is 0 Å². The smallest absolute Gasteiger partial charge is 0.282 e. The van der Waals surface area contributed by atoms with Crippen LogP contribution < -0.4 is 20.4 Å². The van der Waals surface area contributed by atoms with Crippen LogP contribution in [0.2, 0.25) is 0 Å². The fraction of sp³-hybridized carbons (Fsp3) is 0.321. The van der Waals surface area contributed by atoms with Crippen molar-refractivity contribution in [2.45, 2.75) is 6.23 Å². The molecule has 5 rings (SSSR count). The van der Waals surface area contributed by atoms with Crippen molar-refractivity contribution in [1.82, 2.24) is 15.2 Å². The van der Waals surface area contributed by atoms with Gasteiger partial charge in [-0.1, -0.05) is 6.07 Å². The third kappa shape index (κ3) is 6.09. The number of aromatic nitrogens is 1. The molecule has 1 aromatic heterocycles. The fourth-order valence-electron chi connectivity index (χ4n) is 4.82. The van der Waals surface area contributed by atoms with Crippen molar-refractivity contribution in [2.75, 3.05) is 68.0 Å². The first kappa shape index (κ1) is 27.2. The molecule has 3 aromatic rings. The van der Waals surface area contributed by atoms with Crippen LogP contribution in [0.4, 0.5) is 22.7 Å². The number of benzene rings is 2. The monoisotopic (exact) mass is 545 g/mol. The van der Waals surface area contributed by atoms with Gasteiger partial charge in [0.05, 0.1) is 11.5 Å². The molecular formula is C28H31N7O5. The van der Waals surface area contributed by atoms with Gasteiger partial charge in [0.15, 0.2) is 0 Å². The number of rotatable bonds is 7. The maximum absolute atomic E-state index is 13.5. The molecule has 1 unspecified atom stereocenters. The van der Waals surface area contributed by atoms with Crippen molar-refractivity contribution in [1.29, 1.82) is 0 Å². The van der Waals surface area contributed by atoms with E-state index in [1.807, 2.05) is 7.05 Å². The number of nitrogens with one attached hydrogen (secondary N) is 2. The number of nitrogens with zero attached hydrogens (tertiary/aromatic N) is 5. The van der Waals surface area contributed by atoms with Gasteiger partial charge in [0.1, 0.15) is 11.8 Å². The Morgan fingerprint density at radius 2 is 1.88 bits per heavy atom. The second-order valence-electron chi connectivity index (χ2n) is 9.69. The summed E-state index contributed by atoms with van der Waals surface area (Å²) in [7, 11) is 2.04. The molecule has 2 aromatic carbocycles. The highest BCUT2D eigenvalue weighted by Crippen LogP contribution is 2.29. The van der Waals surface area contributed by atoms with E-state index in [4.69, 9.17) is 4.74 Å². The molecule has 0 radical (unpaired) electrons. The van der Waals surface area contributed by atoms with E-state index in [-0.39, 0.29) is 17.2 Å². The predicted octanol–water partition coefficient (Wildman–Crippen LogP) is 2.59. The maximum Gasteiger partial charge on any atom is 0.282 e. The topological polar surface area (TPSA) is 133 Å². The predicted molar refractivity (Wildman–Crippen MR) is 151 cm³/mol. The minimum Gasteiger partial charge on any atom is -0.369 e. The van der Waals surface area contributed by atoms with Crippen molar-refractivity contribution in [3.05, 3.63) is 88.2 Å². The van der Waals surface area contributed by atoms with Gasteiger partial charge < -0.3 is 25.2 Å². The molecule has 2 aliphatic heterocycles. The summed E-state index contributed by atoms with van der Waals surface area (Å²) in [5.74, 6) is -0.891. The number of morpholine rings is 1. The van der Waals surface area contributed by atoms with E-state index in [1.54, 1.807) is 60.9 Å². The van der Waals surface area contributed by atoms with E-state index in [0.717, 1.165) is 31.9 Å². The van der Waals surface area contributed by atoms with Gasteiger partial charge in [-0.25, -0.2) is 0 Å². The van der Waals surface area contributed by atoms with Gasteiger partial charge in [-0.05, 0) is 49.5 Å². The van der Waals surface area contributed by atoms with Crippen molar-refractivity contribution >= 4 is 34.6 Å². The lowest BCUT2D eigenvalue weighted by molar-refractivity contribution is -0.385. The zero-order valence-electron chi connectivity index (χ0n) is 22.2. The third-order valence-electron chi connectivity index (χ3n) is 7.01. The Bertz CT molecular complexity index is 1370. The highest BCUT2D eigenvalue weighted by atomic mass is 16.6. The first-order chi connectivity index (χ1) is 19.4. The lowest BCUT2D eigenvalue weighted by Crippen LogP contribution is -2.52. The Balaban J connectivity index is 1.42. The summed E-state index contributed by atoms with van der Waals surface area (Å²) >= 11 is 0. The zero-order chi connectivity index (χ0) is 28.1. The minimum absolute atomic E-state index is 0.0311. The molecule has 2 saturated heterocycles. The molecule has 40 heavy (non-hydrogen) atoms. The Morgan fingerprint density at radius 1 is 1.10 bits per heavy atom. The standard InChI is InChI=1S/C28H31N7O5/c1-32-12-14-33(15-13-32)22-5-6-25(35(38)39)24(18-22)27(36)31-21-3-2-4-23(17-21)34(26-19-30-11-16-40-26)28(37)20-7-9-29-10-8-20/h2-10,17-18,26,30H,11-16,19H2,1H3,(H,31,36). The van der Waals surface area contributed by atoms with Crippen LogP contribution in [-0.4, -0.2) is 85.8 Å². The van der Waals surface area contributed by atoms with Crippen molar-refractivity contribution in [3.63, 3.8) is 0 Å². The first-order valence-corrected chi connectivity index (χ1v) is 13.1. The molecule has 0 aliphatic carbocycles. The number of carbonyl (C=O) groups is 2. The molecule has 0 bridgehead atoms. The molecule has 2 N–H and O–H groups in total. The van der Waals surface area contributed by atoms with Gasteiger partial charge in [0.25, 0.3) is 17.5 Å².